The van der Waals surface area contributed by atoms with Gasteiger partial charge in [0, 0.05) is 17.9 Å². The van der Waals surface area contributed by atoms with E-state index in [9.17, 15) is 4.79 Å². The van der Waals surface area contributed by atoms with E-state index >= 15 is 0 Å². The molecule has 4 nitrogen and oxygen atoms in total. The van der Waals surface area contributed by atoms with E-state index in [1.165, 1.54) is 7.11 Å². The summed E-state index contributed by atoms with van der Waals surface area (Å²) in [5.41, 5.74) is -0.530. The van der Waals surface area contributed by atoms with Crippen molar-refractivity contribution < 1.29 is 19.4 Å². The summed E-state index contributed by atoms with van der Waals surface area (Å²) in [5.74, 6) is -0.911. The van der Waals surface area contributed by atoms with Gasteiger partial charge in [-0.2, -0.15) is 0 Å². The first-order chi connectivity index (χ1) is 6.35. The van der Waals surface area contributed by atoms with Gasteiger partial charge >= 0.3 is 5.97 Å². The van der Waals surface area contributed by atoms with E-state index in [1.807, 2.05) is 20.8 Å². The number of hydrogen-bond acceptors (Lipinski definition) is 3. The fraction of sp³-hybridized carbons (Fsp3) is 0.900. The van der Waals surface area contributed by atoms with E-state index in [4.69, 9.17) is 14.6 Å². The lowest BCUT2D eigenvalue weighted by Gasteiger charge is -2.51. The SMILES string of the molecule is COC(C(=O)O)C(C)(C)C1(C)COC1. The third-order valence-corrected chi connectivity index (χ3v) is 3.51. The van der Waals surface area contributed by atoms with Crippen LogP contribution in [0.1, 0.15) is 20.8 Å². The monoisotopic (exact) mass is 202 g/mol. The molecule has 0 amide bonds. The highest BCUT2D eigenvalue weighted by Crippen LogP contribution is 2.47. The first kappa shape index (κ1) is 11.5. The van der Waals surface area contributed by atoms with E-state index < -0.39 is 17.5 Å². The molecule has 0 aliphatic carbocycles. The summed E-state index contributed by atoms with van der Waals surface area (Å²) in [5, 5.41) is 9.03. The lowest BCUT2D eigenvalue weighted by molar-refractivity contribution is -0.207. The van der Waals surface area contributed by atoms with E-state index in [1.54, 1.807) is 0 Å². The number of carbonyl (C=O) groups is 1. The van der Waals surface area contributed by atoms with Crippen molar-refractivity contribution in [3.8, 4) is 0 Å². The van der Waals surface area contributed by atoms with Crippen LogP contribution < -0.4 is 0 Å². The average molecular weight is 202 g/mol. The van der Waals surface area contributed by atoms with Gasteiger partial charge in [0.2, 0.25) is 0 Å². The molecule has 14 heavy (non-hydrogen) atoms. The molecule has 0 bridgehead atoms. The zero-order valence-corrected chi connectivity index (χ0v) is 9.16. The molecule has 0 radical (unpaired) electrons. The summed E-state index contributed by atoms with van der Waals surface area (Å²) < 4.78 is 10.2. The standard InChI is InChI=1S/C10H18O4/c1-9(2,7(13-4)8(11)12)10(3)5-14-6-10/h7H,5-6H2,1-4H3,(H,11,12). The van der Waals surface area contributed by atoms with Crippen LogP contribution in [0, 0.1) is 10.8 Å². The molecule has 1 fully saturated rings. The minimum absolute atomic E-state index is 0.105. The molecule has 0 spiro atoms. The minimum Gasteiger partial charge on any atom is -0.479 e. The van der Waals surface area contributed by atoms with E-state index in [-0.39, 0.29) is 5.41 Å². The predicted molar refractivity (Wildman–Crippen MR) is 51.1 cm³/mol. The number of methoxy groups -OCH3 is 1. The molecule has 1 aliphatic rings. The molecule has 82 valence electrons. The first-order valence-electron chi connectivity index (χ1n) is 4.68. The number of ether oxygens (including phenoxy) is 2. The molecular formula is C10H18O4. The Bertz CT molecular complexity index is 230. The Morgan fingerprint density at radius 1 is 1.57 bits per heavy atom. The summed E-state index contributed by atoms with van der Waals surface area (Å²) in [6, 6.07) is 0. The lowest BCUT2D eigenvalue weighted by atomic mass is 9.62. The normalized spacial score (nSPS) is 22.6. The van der Waals surface area contributed by atoms with Gasteiger partial charge in [-0.15, -0.1) is 0 Å². The van der Waals surface area contributed by atoms with Crippen LogP contribution in [0.25, 0.3) is 0 Å². The molecule has 1 unspecified atom stereocenters. The van der Waals surface area contributed by atoms with Crippen LogP contribution in [0.5, 0.6) is 0 Å². The second-order valence-corrected chi connectivity index (χ2v) is 4.73. The zero-order chi connectivity index (χ0) is 11.0. The number of rotatable bonds is 4. The van der Waals surface area contributed by atoms with Gasteiger partial charge in [-0.25, -0.2) is 4.79 Å². The van der Waals surface area contributed by atoms with Crippen LogP contribution in [0.15, 0.2) is 0 Å². The summed E-state index contributed by atoms with van der Waals surface area (Å²) in [6.45, 7) is 7.07. The summed E-state index contributed by atoms with van der Waals surface area (Å²) in [4.78, 5) is 11.0. The average Bonchev–Trinajstić information content (AvgIpc) is 1.99. The van der Waals surface area contributed by atoms with Crippen LogP contribution in [0.4, 0.5) is 0 Å². The van der Waals surface area contributed by atoms with Crippen LogP contribution in [0.3, 0.4) is 0 Å². The lowest BCUT2D eigenvalue weighted by Crippen LogP contribution is -2.57. The second-order valence-electron chi connectivity index (χ2n) is 4.73. The maximum atomic E-state index is 11.0. The van der Waals surface area contributed by atoms with Gasteiger partial charge in [0.25, 0.3) is 0 Å². The van der Waals surface area contributed by atoms with Gasteiger partial charge in [0.15, 0.2) is 6.10 Å². The van der Waals surface area contributed by atoms with Crippen molar-refractivity contribution in [1.29, 1.82) is 0 Å². The van der Waals surface area contributed by atoms with E-state index in [2.05, 4.69) is 0 Å². The Morgan fingerprint density at radius 3 is 2.29 bits per heavy atom. The van der Waals surface area contributed by atoms with Crippen molar-refractivity contribution in [1.82, 2.24) is 0 Å². The van der Waals surface area contributed by atoms with Crippen LogP contribution in [-0.2, 0) is 14.3 Å². The van der Waals surface area contributed by atoms with Gasteiger partial charge in [-0.05, 0) is 0 Å². The number of carboxylic acids is 1. The Hall–Kier alpha value is -0.610. The molecule has 4 heteroatoms. The van der Waals surface area contributed by atoms with Crippen LogP contribution in [-0.4, -0.2) is 37.5 Å². The highest BCUT2D eigenvalue weighted by Gasteiger charge is 2.53. The fourth-order valence-electron chi connectivity index (χ4n) is 1.80. The minimum atomic E-state index is -0.911. The number of hydrogen-bond donors (Lipinski definition) is 1. The van der Waals surface area contributed by atoms with Crippen molar-refractivity contribution in [3.05, 3.63) is 0 Å². The molecule has 1 atom stereocenters. The molecule has 1 saturated heterocycles. The maximum Gasteiger partial charge on any atom is 0.333 e. The molecule has 0 saturated carbocycles. The fourth-order valence-corrected chi connectivity index (χ4v) is 1.80. The summed E-state index contributed by atoms with van der Waals surface area (Å²) >= 11 is 0. The summed E-state index contributed by atoms with van der Waals surface area (Å²) in [6.07, 6.45) is -0.781. The quantitative estimate of drug-likeness (QED) is 0.743. The van der Waals surface area contributed by atoms with Crippen molar-refractivity contribution in [3.63, 3.8) is 0 Å². The largest absolute Gasteiger partial charge is 0.479 e. The second kappa shape index (κ2) is 3.51. The van der Waals surface area contributed by atoms with Crippen molar-refractivity contribution >= 4 is 5.97 Å². The molecule has 0 aromatic heterocycles. The Morgan fingerprint density at radius 2 is 2.07 bits per heavy atom. The van der Waals surface area contributed by atoms with Crippen LogP contribution in [0.2, 0.25) is 0 Å². The Kier molecular flexibility index (Phi) is 2.88. The summed E-state index contributed by atoms with van der Waals surface area (Å²) in [7, 11) is 1.43. The van der Waals surface area contributed by atoms with E-state index in [0.29, 0.717) is 13.2 Å². The molecule has 0 aromatic carbocycles. The third kappa shape index (κ3) is 1.53. The highest BCUT2D eigenvalue weighted by molar-refractivity contribution is 5.73. The van der Waals surface area contributed by atoms with Gasteiger partial charge in [-0.1, -0.05) is 20.8 Å². The van der Waals surface area contributed by atoms with Gasteiger partial charge < -0.3 is 14.6 Å². The number of carboxylic acid groups (broad SMARTS) is 1. The molecule has 0 aromatic rings. The number of aliphatic carboxylic acids is 1. The molecular weight excluding hydrogens is 184 g/mol. The van der Waals surface area contributed by atoms with Gasteiger partial charge in [-0.3, -0.25) is 0 Å². The van der Waals surface area contributed by atoms with Gasteiger partial charge in [0.1, 0.15) is 0 Å². The smallest absolute Gasteiger partial charge is 0.333 e. The first-order valence-corrected chi connectivity index (χ1v) is 4.68. The van der Waals surface area contributed by atoms with Gasteiger partial charge in [0.05, 0.1) is 13.2 Å². The topological polar surface area (TPSA) is 55.8 Å². The molecule has 1 heterocycles. The van der Waals surface area contributed by atoms with Crippen LogP contribution >= 0.6 is 0 Å². The van der Waals surface area contributed by atoms with Crippen molar-refractivity contribution in [2.45, 2.75) is 26.9 Å². The Labute approximate surface area is 84.2 Å². The van der Waals surface area contributed by atoms with E-state index in [0.717, 1.165) is 0 Å². The Balaban J connectivity index is 2.86. The van der Waals surface area contributed by atoms with Crippen molar-refractivity contribution in [2.75, 3.05) is 20.3 Å². The predicted octanol–water partition coefficient (Wildman–Crippen LogP) is 1.15. The molecule has 1 aliphatic heterocycles. The van der Waals surface area contributed by atoms with Crippen molar-refractivity contribution in [2.24, 2.45) is 10.8 Å². The third-order valence-electron chi connectivity index (χ3n) is 3.51. The molecule has 1 N–H and O–H groups in total. The molecule has 1 rings (SSSR count). The maximum absolute atomic E-state index is 11.0. The highest BCUT2D eigenvalue weighted by atomic mass is 16.5. The zero-order valence-electron chi connectivity index (χ0n) is 9.16.